The van der Waals surface area contributed by atoms with E-state index in [4.69, 9.17) is 4.98 Å². The number of amides is 2. The fraction of sp³-hybridized carbons (Fsp3) is 0.318. The van der Waals surface area contributed by atoms with Gasteiger partial charge < -0.3 is 0 Å². The predicted molar refractivity (Wildman–Crippen MR) is 110 cm³/mol. The van der Waals surface area contributed by atoms with E-state index in [-0.39, 0.29) is 23.9 Å². The first-order valence-corrected chi connectivity index (χ1v) is 10.6. The number of benzene rings is 2. The normalized spacial score (nSPS) is 21.4. The Morgan fingerprint density at radius 1 is 1.00 bits per heavy atom. The number of nitrogens with zero attached hydrogens (tertiary/aromatic N) is 3. The minimum atomic E-state index is -0.551. The Bertz CT molecular complexity index is 1060. The summed E-state index contributed by atoms with van der Waals surface area (Å²) < 4.78 is 15.3. The highest BCUT2D eigenvalue weighted by Crippen LogP contribution is 2.36. The van der Waals surface area contributed by atoms with Crippen molar-refractivity contribution >= 4 is 39.1 Å². The van der Waals surface area contributed by atoms with Crippen LogP contribution in [0, 0.1) is 5.82 Å². The lowest BCUT2D eigenvalue weighted by Gasteiger charge is -2.34. The molecule has 5 rings (SSSR count). The molecule has 0 bridgehead atoms. The number of carbonyl (C=O) groups is 2. The molecule has 2 aromatic carbocycles. The summed E-state index contributed by atoms with van der Waals surface area (Å²) in [6.45, 7) is 1.46. The number of halogens is 1. The lowest BCUT2D eigenvalue weighted by atomic mass is 9.96. The van der Waals surface area contributed by atoms with Crippen LogP contribution in [0.2, 0.25) is 0 Å². The first-order valence-electron chi connectivity index (χ1n) is 9.82. The van der Waals surface area contributed by atoms with Crippen LogP contribution in [0.5, 0.6) is 0 Å². The van der Waals surface area contributed by atoms with Gasteiger partial charge in [-0.05, 0) is 50.2 Å². The van der Waals surface area contributed by atoms with Crippen LogP contribution in [-0.2, 0) is 9.59 Å². The van der Waals surface area contributed by atoms with Gasteiger partial charge in [0.2, 0.25) is 5.91 Å². The third-order valence-electron chi connectivity index (χ3n) is 5.85. The van der Waals surface area contributed by atoms with Gasteiger partial charge in [-0.3, -0.25) is 14.5 Å². The van der Waals surface area contributed by atoms with Crippen LogP contribution in [0.3, 0.4) is 0 Å². The maximum Gasteiger partial charge on any atom is 0.251 e. The molecule has 0 saturated carbocycles. The zero-order valence-corrected chi connectivity index (χ0v) is 16.6. The first kappa shape index (κ1) is 18.4. The Morgan fingerprint density at radius 2 is 1.72 bits per heavy atom. The molecule has 2 aliphatic heterocycles. The molecule has 0 spiro atoms. The molecule has 29 heavy (non-hydrogen) atoms. The molecule has 2 saturated heterocycles. The third kappa shape index (κ3) is 3.24. The topological polar surface area (TPSA) is 53.5 Å². The van der Waals surface area contributed by atoms with Crippen molar-refractivity contribution in [3.05, 3.63) is 59.4 Å². The number of imide groups is 1. The maximum absolute atomic E-state index is 14.1. The minimum Gasteiger partial charge on any atom is -0.291 e. The molecule has 1 aromatic heterocycles. The van der Waals surface area contributed by atoms with E-state index in [1.54, 1.807) is 23.5 Å². The highest BCUT2D eigenvalue weighted by atomic mass is 32.1. The van der Waals surface area contributed by atoms with E-state index in [2.05, 4.69) is 11.0 Å². The molecule has 0 aliphatic carbocycles. The number of piperidine rings is 1. The summed E-state index contributed by atoms with van der Waals surface area (Å²) in [6.07, 6.45) is 1.91. The van der Waals surface area contributed by atoms with Crippen molar-refractivity contribution in [2.45, 2.75) is 31.2 Å². The van der Waals surface area contributed by atoms with E-state index in [1.807, 2.05) is 18.2 Å². The van der Waals surface area contributed by atoms with Gasteiger partial charge >= 0.3 is 0 Å². The fourth-order valence-electron chi connectivity index (χ4n) is 4.31. The maximum atomic E-state index is 14.1. The number of aromatic nitrogens is 1. The van der Waals surface area contributed by atoms with Crippen LogP contribution in [-0.4, -0.2) is 40.8 Å². The molecule has 0 N–H and O–H groups in total. The van der Waals surface area contributed by atoms with E-state index >= 15 is 0 Å². The van der Waals surface area contributed by atoms with E-state index in [1.165, 1.54) is 16.8 Å². The van der Waals surface area contributed by atoms with Gasteiger partial charge in [0.15, 0.2) is 0 Å². The van der Waals surface area contributed by atoms with Crippen molar-refractivity contribution in [3.63, 3.8) is 0 Å². The number of hydrogen-bond donors (Lipinski definition) is 0. The minimum absolute atomic E-state index is 0.0503. The number of fused-ring (bicyclic) bond motifs is 1. The van der Waals surface area contributed by atoms with Crippen molar-refractivity contribution in [1.82, 2.24) is 9.88 Å². The van der Waals surface area contributed by atoms with Gasteiger partial charge in [-0.25, -0.2) is 14.3 Å². The number of anilines is 1. The van der Waals surface area contributed by atoms with E-state index < -0.39 is 11.9 Å². The second-order valence-corrected chi connectivity index (χ2v) is 8.63. The molecule has 2 amide bonds. The van der Waals surface area contributed by atoms with E-state index in [0.29, 0.717) is 5.92 Å². The number of likely N-dealkylation sites (tertiary alicyclic amines) is 1. The molecule has 2 fully saturated rings. The molecule has 1 atom stereocenters. The summed E-state index contributed by atoms with van der Waals surface area (Å²) in [5.74, 6) is -0.833. The van der Waals surface area contributed by atoms with Gasteiger partial charge in [0, 0.05) is 5.92 Å². The summed E-state index contributed by atoms with van der Waals surface area (Å²) >= 11 is 1.74. The second-order valence-electron chi connectivity index (χ2n) is 7.57. The summed E-state index contributed by atoms with van der Waals surface area (Å²) in [5, 5.41) is 1.15. The Labute approximate surface area is 171 Å². The van der Waals surface area contributed by atoms with Gasteiger partial charge in [0.1, 0.15) is 5.82 Å². The van der Waals surface area contributed by atoms with Crippen molar-refractivity contribution < 1.29 is 14.0 Å². The lowest BCUT2D eigenvalue weighted by molar-refractivity contribution is -0.123. The summed E-state index contributed by atoms with van der Waals surface area (Å²) in [4.78, 5) is 33.3. The number of thiazole rings is 1. The molecule has 2 aliphatic rings. The quantitative estimate of drug-likeness (QED) is 0.615. The Morgan fingerprint density at radius 3 is 2.48 bits per heavy atom. The molecule has 0 unspecified atom stereocenters. The number of hydrogen-bond acceptors (Lipinski definition) is 5. The van der Waals surface area contributed by atoms with Crippen molar-refractivity contribution in [2.75, 3.05) is 18.0 Å². The van der Waals surface area contributed by atoms with Crippen LogP contribution in [0.15, 0.2) is 48.5 Å². The van der Waals surface area contributed by atoms with Crippen molar-refractivity contribution in [2.24, 2.45) is 0 Å². The van der Waals surface area contributed by atoms with Gasteiger partial charge in [-0.1, -0.05) is 24.3 Å². The van der Waals surface area contributed by atoms with Crippen LogP contribution >= 0.6 is 11.3 Å². The molecule has 7 heteroatoms. The third-order valence-corrected chi connectivity index (χ3v) is 7.05. The number of rotatable bonds is 3. The van der Waals surface area contributed by atoms with Crippen LogP contribution in [0.4, 0.5) is 10.1 Å². The zero-order chi connectivity index (χ0) is 20.0. The fourth-order valence-corrected chi connectivity index (χ4v) is 5.45. The molecular formula is C22H20FN3O2S. The smallest absolute Gasteiger partial charge is 0.251 e. The predicted octanol–water partition coefficient (Wildman–Crippen LogP) is 3.95. The average Bonchev–Trinajstić information content (AvgIpc) is 3.30. The Hall–Kier alpha value is -2.64. The molecule has 0 radical (unpaired) electrons. The highest BCUT2D eigenvalue weighted by molar-refractivity contribution is 7.18. The van der Waals surface area contributed by atoms with Crippen LogP contribution in [0.1, 0.15) is 30.2 Å². The molecule has 3 aromatic rings. The molecular weight excluding hydrogens is 389 g/mol. The van der Waals surface area contributed by atoms with Gasteiger partial charge in [-0.15, -0.1) is 11.3 Å². The van der Waals surface area contributed by atoms with Crippen LogP contribution in [0.25, 0.3) is 10.2 Å². The number of para-hydroxylation sites is 2. The largest absolute Gasteiger partial charge is 0.291 e. The second kappa shape index (κ2) is 7.31. The number of carbonyl (C=O) groups excluding carboxylic acids is 2. The SMILES string of the molecule is O=C1C[C@@H](N2CCC(c3nc4ccccc4s3)CC2)C(=O)N1c1ccccc1F. The van der Waals surface area contributed by atoms with Gasteiger partial charge in [0.05, 0.1) is 33.4 Å². The first-order chi connectivity index (χ1) is 14.1. The lowest BCUT2D eigenvalue weighted by Crippen LogP contribution is -2.45. The molecule has 5 nitrogen and oxygen atoms in total. The highest BCUT2D eigenvalue weighted by Gasteiger charge is 2.44. The monoisotopic (exact) mass is 409 g/mol. The zero-order valence-electron chi connectivity index (χ0n) is 15.8. The van der Waals surface area contributed by atoms with Crippen LogP contribution < -0.4 is 4.90 Å². The Kier molecular flexibility index (Phi) is 4.64. The molecule has 148 valence electrons. The molecule has 3 heterocycles. The van der Waals surface area contributed by atoms with Crippen molar-refractivity contribution in [1.29, 1.82) is 0 Å². The summed E-state index contributed by atoms with van der Waals surface area (Å²) in [7, 11) is 0. The van der Waals surface area contributed by atoms with Gasteiger partial charge in [0.25, 0.3) is 5.91 Å². The van der Waals surface area contributed by atoms with E-state index in [9.17, 15) is 14.0 Å². The van der Waals surface area contributed by atoms with Crippen molar-refractivity contribution in [3.8, 4) is 0 Å². The average molecular weight is 409 g/mol. The van der Waals surface area contributed by atoms with Gasteiger partial charge in [-0.2, -0.15) is 0 Å². The summed E-state index contributed by atoms with van der Waals surface area (Å²) in [5.41, 5.74) is 1.08. The van der Waals surface area contributed by atoms with E-state index in [0.717, 1.165) is 41.4 Å². The summed E-state index contributed by atoms with van der Waals surface area (Å²) in [6, 6.07) is 13.6. The standard InChI is InChI=1S/C22H20FN3O2S/c23-15-5-1-3-7-17(15)26-20(27)13-18(22(26)28)25-11-9-14(10-12-25)21-24-16-6-2-4-8-19(16)29-21/h1-8,14,18H,9-13H2/t18-/m1/s1. The Balaban J connectivity index is 1.29.